The fraction of sp³-hybridized carbons (Fsp3) is 0.857. The minimum Gasteiger partial charge on any atom is -0.288 e. The molecule has 1 aliphatic rings. The van der Waals surface area contributed by atoms with Crippen LogP contribution in [0.2, 0.25) is 0 Å². The summed E-state index contributed by atoms with van der Waals surface area (Å²) in [6, 6.07) is 2.05. The van der Waals surface area contributed by atoms with Crippen molar-refractivity contribution in [3.63, 3.8) is 0 Å². The molecule has 5 nitrogen and oxygen atoms in total. The average Bonchev–Trinajstić information content (AvgIpc) is 2.04. The predicted molar refractivity (Wildman–Crippen MR) is 48.5 cm³/mol. The van der Waals surface area contributed by atoms with Crippen LogP contribution in [0.1, 0.15) is 0 Å². The first-order valence-electron chi connectivity index (χ1n) is 4.08. The lowest BCUT2D eigenvalue weighted by molar-refractivity contribution is 0.207. The van der Waals surface area contributed by atoms with E-state index in [0.717, 1.165) is 0 Å². The number of rotatable bonds is 2. The van der Waals surface area contributed by atoms with Crippen molar-refractivity contribution in [1.29, 1.82) is 5.26 Å². The summed E-state index contributed by atoms with van der Waals surface area (Å²) < 4.78 is 23.6. The van der Waals surface area contributed by atoms with E-state index in [1.807, 2.05) is 11.0 Å². The highest BCUT2D eigenvalue weighted by Gasteiger charge is 2.22. The lowest BCUT2D eigenvalue weighted by Gasteiger charge is -2.31. The molecule has 0 spiro atoms. The molecular formula is C7H13N3O2S. The molecule has 0 radical (unpaired) electrons. The molecule has 1 fully saturated rings. The van der Waals surface area contributed by atoms with Crippen molar-refractivity contribution in [2.45, 2.75) is 0 Å². The van der Waals surface area contributed by atoms with Crippen molar-refractivity contribution in [1.82, 2.24) is 9.21 Å². The molecular weight excluding hydrogens is 190 g/mol. The Labute approximate surface area is 78.6 Å². The Bertz CT molecular complexity index is 298. The molecule has 6 heteroatoms. The average molecular weight is 203 g/mol. The van der Waals surface area contributed by atoms with Crippen LogP contribution in [0, 0.1) is 11.3 Å². The van der Waals surface area contributed by atoms with Crippen LogP contribution in [-0.2, 0) is 10.0 Å². The molecule has 1 heterocycles. The molecule has 1 aliphatic heterocycles. The molecule has 1 saturated heterocycles. The quantitative estimate of drug-likeness (QED) is 0.545. The van der Waals surface area contributed by atoms with Gasteiger partial charge in [-0.05, 0) is 0 Å². The molecule has 0 aromatic heterocycles. The van der Waals surface area contributed by atoms with Gasteiger partial charge in [0.15, 0.2) is 0 Å². The Morgan fingerprint density at radius 1 is 1.31 bits per heavy atom. The molecule has 74 valence electrons. The monoisotopic (exact) mass is 203 g/mol. The van der Waals surface area contributed by atoms with Crippen LogP contribution in [0.4, 0.5) is 0 Å². The van der Waals surface area contributed by atoms with E-state index in [2.05, 4.69) is 0 Å². The normalized spacial score (nSPS) is 21.2. The molecule has 0 aromatic rings. The molecule has 0 aliphatic carbocycles. The minimum absolute atomic E-state index is 0.387. The maximum Gasteiger partial charge on any atom is 0.211 e. The Morgan fingerprint density at radius 2 is 1.85 bits per heavy atom. The van der Waals surface area contributed by atoms with Gasteiger partial charge in [-0.25, -0.2) is 8.42 Å². The second-order valence-electron chi connectivity index (χ2n) is 3.10. The van der Waals surface area contributed by atoms with Gasteiger partial charge in [0.2, 0.25) is 10.0 Å². The van der Waals surface area contributed by atoms with E-state index in [9.17, 15) is 8.42 Å². The Hall–Kier alpha value is -0.640. The van der Waals surface area contributed by atoms with Gasteiger partial charge in [-0.3, -0.25) is 4.90 Å². The van der Waals surface area contributed by atoms with Crippen molar-refractivity contribution in [2.75, 3.05) is 39.0 Å². The van der Waals surface area contributed by atoms with Crippen LogP contribution in [0.3, 0.4) is 0 Å². The van der Waals surface area contributed by atoms with Crippen LogP contribution in [0.25, 0.3) is 0 Å². The molecule has 0 N–H and O–H groups in total. The molecule has 0 amide bonds. The lowest BCUT2D eigenvalue weighted by Crippen LogP contribution is -2.48. The van der Waals surface area contributed by atoms with E-state index in [0.29, 0.717) is 32.7 Å². The van der Waals surface area contributed by atoms with Gasteiger partial charge in [0.25, 0.3) is 0 Å². The zero-order valence-corrected chi connectivity index (χ0v) is 8.42. The molecule has 1 rings (SSSR count). The highest BCUT2D eigenvalue weighted by atomic mass is 32.2. The SMILES string of the molecule is CS(=O)(=O)N1CCN(CC#N)CC1. The Morgan fingerprint density at radius 3 is 2.23 bits per heavy atom. The van der Waals surface area contributed by atoms with Crippen LogP contribution < -0.4 is 0 Å². The van der Waals surface area contributed by atoms with Gasteiger partial charge in [-0.1, -0.05) is 0 Å². The Kier molecular flexibility index (Phi) is 3.25. The maximum atomic E-state index is 11.1. The van der Waals surface area contributed by atoms with Gasteiger partial charge in [0, 0.05) is 26.2 Å². The van der Waals surface area contributed by atoms with Gasteiger partial charge in [-0.2, -0.15) is 9.57 Å². The van der Waals surface area contributed by atoms with Crippen molar-refractivity contribution >= 4 is 10.0 Å². The summed E-state index contributed by atoms with van der Waals surface area (Å²) in [5.74, 6) is 0. The first kappa shape index (κ1) is 10.4. The smallest absolute Gasteiger partial charge is 0.211 e. The standard InChI is InChI=1S/C7H13N3O2S/c1-13(11,12)10-6-4-9(3-2-8)5-7-10/h3-7H2,1H3. The fourth-order valence-electron chi connectivity index (χ4n) is 1.32. The number of nitrogens with zero attached hydrogens (tertiary/aromatic N) is 3. The van der Waals surface area contributed by atoms with Gasteiger partial charge >= 0.3 is 0 Å². The third-order valence-electron chi connectivity index (χ3n) is 2.09. The number of hydrogen-bond donors (Lipinski definition) is 0. The van der Waals surface area contributed by atoms with Crippen LogP contribution >= 0.6 is 0 Å². The third-order valence-corrected chi connectivity index (χ3v) is 3.40. The first-order chi connectivity index (χ1) is 6.04. The van der Waals surface area contributed by atoms with Crippen LogP contribution in [0.5, 0.6) is 0 Å². The highest BCUT2D eigenvalue weighted by Crippen LogP contribution is 2.04. The fourth-order valence-corrected chi connectivity index (χ4v) is 2.15. The number of sulfonamides is 1. The van der Waals surface area contributed by atoms with Crippen LogP contribution in [-0.4, -0.2) is 56.6 Å². The summed E-state index contributed by atoms with van der Waals surface area (Å²) >= 11 is 0. The zero-order valence-electron chi connectivity index (χ0n) is 7.60. The molecule has 0 bridgehead atoms. The van der Waals surface area contributed by atoms with Crippen molar-refractivity contribution in [3.8, 4) is 6.07 Å². The number of piperazine rings is 1. The maximum absolute atomic E-state index is 11.1. The van der Waals surface area contributed by atoms with E-state index >= 15 is 0 Å². The molecule has 0 atom stereocenters. The van der Waals surface area contributed by atoms with Crippen molar-refractivity contribution in [3.05, 3.63) is 0 Å². The van der Waals surface area contributed by atoms with Gasteiger partial charge in [0.05, 0.1) is 18.9 Å². The van der Waals surface area contributed by atoms with E-state index in [-0.39, 0.29) is 0 Å². The van der Waals surface area contributed by atoms with E-state index in [1.165, 1.54) is 10.6 Å². The number of hydrogen-bond acceptors (Lipinski definition) is 4. The molecule has 0 aromatic carbocycles. The summed E-state index contributed by atoms with van der Waals surface area (Å²) in [4.78, 5) is 1.95. The van der Waals surface area contributed by atoms with Crippen molar-refractivity contribution in [2.24, 2.45) is 0 Å². The molecule has 0 unspecified atom stereocenters. The summed E-state index contributed by atoms with van der Waals surface area (Å²) in [5.41, 5.74) is 0. The van der Waals surface area contributed by atoms with E-state index in [4.69, 9.17) is 5.26 Å². The zero-order chi connectivity index (χ0) is 9.90. The van der Waals surface area contributed by atoms with Gasteiger partial charge in [-0.15, -0.1) is 0 Å². The van der Waals surface area contributed by atoms with Crippen molar-refractivity contribution < 1.29 is 8.42 Å². The molecule has 13 heavy (non-hydrogen) atoms. The van der Waals surface area contributed by atoms with Gasteiger partial charge < -0.3 is 0 Å². The summed E-state index contributed by atoms with van der Waals surface area (Å²) in [7, 11) is -3.04. The van der Waals surface area contributed by atoms with Gasteiger partial charge in [0.1, 0.15) is 0 Å². The summed E-state index contributed by atoms with van der Waals surface area (Å²) in [5, 5.41) is 8.42. The highest BCUT2D eigenvalue weighted by molar-refractivity contribution is 7.88. The first-order valence-corrected chi connectivity index (χ1v) is 5.93. The van der Waals surface area contributed by atoms with E-state index in [1.54, 1.807) is 0 Å². The minimum atomic E-state index is -3.04. The second kappa shape index (κ2) is 4.05. The largest absolute Gasteiger partial charge is 0.288 e. The summed E-state index contributed by atoms with van der Waals surface area (Å²) in [6.45, 7) is 2.69. The summed E-state index contributed by atoms with van der Waals surface area (Å²) in [6.07, 6.45) is 1.22. The van der Waals surface area contributed by atoms with E-state index < -0.39 is 10.0 Å². The lowest BCUT2D eigenvalue weighted by atomic mass is 10.4. The predicted octanol–water partition coefficient (Wildman–Crippen LogP) is -0.913. The van der Waals surface area contributed by atoms with Crippen LogP contribution in [0.15, 0.2) is 0 Å². The number of nitriles is 1. The third kappa shape index (κ3) is 2.95. The molecule has 0 saturated carbocycles. The topological polar surface area (TPSA) is 64.4 Å². The Balaban J connectivity index is 2.45. The second-order valence-corrected chi connectivity index (χ2v) is 5.08.